The molecule has 3 rings (SSSR count). The van der Waals surface area contributed by atoms with Crippen LogP contribution in [0.4, 0.5) is 8.78 Å². The van der Waals surface area contributed by atoms with Crippen molar-refractivity contribution in [2.75, 3.05) is 39.3 Å². The minimum Gasteiger partial charge on any atom is -0.340 e. The predicted octanol–water partition coefficient (Wildman–Crippen LogP) is 2.65. The molecule has 0 bridgehead atoms. The molecule has 1 aromatic carbocycles. The van der Waals surface area contributed by atoms with Crippen molar-refractivity contribution in [3.63, 3.8) is 0 Å². The Morgan fingerprint density at radius 1 is 1.14 bits per heavy atom. The maximum absolute atomic E-state index is 13.5. The monoisotopic (exact) mass is 393 g/mol. The van der Waals surface area contributed by atoms with Gasteiger partial charge >= 0.3 is 0 Å². The molecule has 2 saturated heterocycles. The summed E-state index contributed by atoms with van der Waals surface area (Å²) in [5, 5.41) is 0. The molecule has 2 fully saturated rings. The molecule has 28 heavy (non-hydrogen) atoms. The summed E-state index contributed by atoms with van der Waals surface area (Å²) in [5.41, 5.74) is 0.0483. The molecule has 5 nitrogen and oxygen atoms in total. The number of amides is 2. The minimum atomic E-state index is -0.897. The number of rotatable bonds is 6. The van der Waals surface area contributed by atoms with Crippen molar-refractivity contribution in [3.05, 3.63) is 35.4 Å². The van der Waals surface area contributed by atoms with Gasteiger partial charge in [-0.2, -0.15) is 0 Å². The van der Waals surface area contributed by atoms with E-state index in [-0.39, 0.29) is 18.4 Å². The Labute approximate surface area is 165 Å². The summed E-state index contributed by atoms with van der Waals surface area (Å²) in [6, 6.07) is 3.76. The Hall–Kier alpha value is -2.02. The van der Waals surface area contributed by atoms with E-state index in [9.17, 15) is 18.4 Å². The van der Waals surface area contributed by atoms with Crippen LogP contribution in [0, 0.1) is 17.0 Å². The fourth-order valence-corrected chi connectivity index (χ4v) is 4.36. The normalized spacial score (nSPS) is 22.5. The van der Waals surface area contributed by atoms with Crippen molar-refractivity contribution in [1.82, 2.24) is 14.7 Å². The molecule has 0 N–H and O–H groups in total. The molecule has 1 unspecified atom stereocenters. The summed E-state index contributed by atoms with van der Waals surface area (Å²) in [5.74, 6) is -1.68. The summed E-state index contributed by atoms with van der Waals surface area (Å²) in [6.45, 7) is 8.02. The highest BCUT2D eigenvalue weighted by Crippen LogP contribution is 2.40. The van der Waals surface area contributed by atoms with Gasteiger partial charge in [0.25, 0.3) is 0 Å². The Bertz CT molecular complexity index is 738. The molecule has 2 amide bonds. The van der Waals surface area contributed by atoms with Crippen LogP contribution in [0.5, 0.6) is 0 Å². The third kappa shape index (κ3) is 4.19. The van der Waals surface area contributed by atoms with Gasteiger partial charge in [-0.1, -0.05) is 19.9 Å². The molecular formula is C21H29F2N3O2. The first-order chi connectivity index (χ1) is 13.4. The van der Waals surface area contributed by atoms with Gasteiger partial charge in [0.05, 0.1) is 12.0 Å². The summed E-state index contributed by atoms with van der Waals surface area (Å²) in [6.07, 6.45) is 2.30. The number of halogens is 2. The predicted molar refractivity (Wildman–Crippen MR) is 102 cm³/mol. The van der Waals surface area contributed by atoms with Crippen molar-refractivity contribution in [1.29, 1.82) is 0 Å². The van der Waals surface area contributed by atoms with Gasteiger partial charge in [0.2, 0.25) is 11.8 Å². The van der Waals surface area contributed by atoms with E-state index in [1.165, 1.54) is 6.07 Å². The number of likely N-dealkylation sites (N-methyl/N-ethyl adjacent to an activating group) is 1. The molecule has 0 aromatic heterocycles. The van der Waals surface area contributed by atoms with Crippen LogP contribution in [-0.4, -0.2) is 65.8 Å². The highest BCUT2D eigenvalue weighted by atomic mass is 19.2. The lowest BCUT2D eigenvalue weighted by Gasteiger charge is -2.39. The van der Waals surface area contributed by atoms with E-state index in [2.05, 4.69) is 4.90 Å². The largest absolute Gasteiger partial charge is 0.340 e. The molecule has 0 radical (unpaired) electrons. The van der Waals surface area contributed by atoms with E-state index in [1.54, 1.807) is 4.90 Å². The number of hydrogen-bond acceptors (Lipinski definition) is 3. The number of hydrogen-bond donors (Lipinski definition) is 0. The standard InChI is InChI=1S/C21H29F2N3O2/c1-3-24(4-2)14-19(27)26-11-9-21(15-26)8-5-10-25(20(21)28)13-16-6-7-17(22)18(23)12-16/h6-7,12H,3-5,8-11,13-15H2,1-2H3. The zero-order valence-electron chi connectivity index (χ0n) is 16.7. The van der Waals surface area contributed by atoms with Gasteiger partial charge in [-0.05, 0) is 50.0 Å². The number of nitrogens with zero attached hydrogens (tertiary/aromatic N) is 3. The highest BCUT2D eigenvalue weighted by Gasteiger charge is 2.49. The van der Waals surface area contributed by atoms with Crippen LogP contribution >= 0.6 is 0 Å². The van der Waals surface area contributed by atoms with E-state index in [1.807, 2.05) is 18.7 Å². The van der Waals surface area contributed by atoms with E-state index in [4.69, 9.17) is 0 Å². The Kier molecular flexibility index (Phi) is 6.33. The van der Waals surface area contributed by atoms with Crippen LogP contribution in [0.25, 0.3) is 0 Å². The summed E-state index contributed by atoms with van der Waals surface area (Å²) in [4.78, 5) is 31.5. The average molecular weight is 393 g/mol. The molecule has 1 atom stereocenters. The summed E-state index contributed by atoms with van der Waals surface area (Å²) in [7, 11) is 0. The van der Waals surface area contributed by atoms with Crippen molar-refractivity contribution < 1.29 is 18.4 Å². The highest BCUT2D eigenvalue weighted by molar-refractivity contribution is 5.86. The summed E-state index contributed by atoms with van der Waals surface area (Å²) < 4.78 is 26.7. The van der Waals surface area contributed by atoms with Gasteiger partial charge in [0.1, 0.15) is 0 Å². The number of piperidine rings is 1. The molecule has 1 aromatic rings. The van der Waals surface area contributed by atoms with Crippen LogP contribution in [0.15, 0.2) is 18.2 Å². The number of likely N-dealkylation sites (tertiary alicyclic amines) is 2. The molecule has 0 saturated carbocycles. The smallest absolute Gasteiger partial charge is 0.236 e. The number of carbonyl (C=O) groups excluding carboxylic acids is 2. The second-order valence-corrected chi connectivity index (χ2v) is 7.89. The van der Waals surface area contributed by atoms with Gasteiger partial charge in [0.15, 0.2) is 11.6 Å². The third-order valence-corrected chi connectivity index (χ3v) is 6.14. The first-order valence-electron chi connectivity index (χ1n) is 10.1. The van der Waals surface area contributed by atoms with Gasteiger partial charge in [-0.25, -0.2) is 8.78 Å². The second kappa shape index (κ2) is 8.55. The van der Waals surface area contributed by atoms with E-state index in [0.717, 1.165) is 38.1 Å². The van der Waals surface area contributed by atoms with Crippen LogP contribution < -0.4 is 0 Å². The average Bonchev–Trinajstić information content (AvgIpc) is 3.11. The third-order valence-electron chi connectivity index (χ3n) is 6.14. The van der Waals surface area contributed by atoms with E-state index < -0.39 is 17.0 Å². The van der Waals surface area contributed by atoms with E-state index >= 15 is 0 Å². The van der Waals surface area contributed by atoms with Gasteiger partial charge < -0.3 is 9.80 Å². The van der Waals surface area contributed by atoms with Crippen LogP contribution in [-0.2, 0) is 16.1 Å². The molecular weight excluding hydrogens is 364 g/mol. The molecule has 0 aliphatic carbocycles. The summed E-state index contributed by atoms with van der Waals surface area (Å²) >= 11 is 0. The van der Waals surface area contributed by atoms with Crippen LogP contribution in [0.3, 0.4) is 0 Å². The fourth-order valence-electron chi connectivity index (χ4n) is 4.36. The SMILES string of the molecule is CCN(CC)CC(=O)N1CCC2(CCCN(Cc3ccc(F)c(F)c3)C2=O)C1. The van der Waals surface area contributed by atoms with Crippen molar-refractivity contribution in [3.8, 4) is 0 Å². The Morgan fingerprint density at radius 3 is 2.57 bits per heavy atom. The quantitative estimate of drug-likeness (QED) is 0.746. The van der Waals surface area contributed by atoms with Gasteiger partial charge in [-0.3, -0.25) is 14.5 Å². The zero-order chi connectivity index (χ0) is 20.3. The second-order valence-electron chi connectivity index (χ2n) is 7.89. The number of benzene rings is 1. The van der Waals surface area contributed by atoms with Gasteiger partial charge in [0, 0.05) is 26.2 Å². The first-order valence-corrected chi connectivity index (χ1v) is 10.1. The van der Waals surface area contributed by atoms with E-state index in [0.29, 0.717) is 38.2 Å². The Morgan fingerprint density at radius 2 is 1.89 bits per heavy atom. The maximum atomic E-state index is 13.5. The molecule has 2 heterocycles. The van der Waals surface area contributed by atoms with Crippen LogP contribution in [0.2, 0.25) is 0 Å². The molecule has 2 aliphatic heterocycles. The molecule has 154 valence electrons. The van der Waals surface area contributed by atoms with Crippen molar-refractivity contribution in [2.45, 2.75) is 39.7 Å². The Balaban J connectivity index is 1.66. The lowest BCUT2D eigenvalue weighted by atomic mass is 9.78. The number of carbonyl (C=O) groups is 2. The molecule has 2 aliphatic rings. The van der Waals surface area contributed by atoms with Crippen molar-refractivity contribution >= 4 is 11.8 Å². The van der Waals surface area contributed by atoms with Crippen LogP contribution in [0.1, 0.15) is 38.7 Å². The van der Waals surface area contributed by atoms with Crippen molar-refractivity contribution in [2.24, 2.45) is 5.41 Å². The zero-order valence-corrected chi connectivity index (χ0v) is 16.7. The fraction of sp³-hybridized carbons (Fsp3) is 0.619. The lowest BCUT2D eigenvalue weighted by molar-refractivity contribution is -0.147. The molecule has 7 heteroatoms. The first kappa shape index (κ1) is 20.7. The lowest BCUT2D eigenvalue weighted by Crippen LogP contribution is -2.50. The maximum Gasteiger partial charge on any atom is 0.236 e. The minimum absolute atomic E-state index is 0.0293. The topological polar surface area (TPSA) is 43.9 Å². The van der Waals surface area contributed by atoms with Gasteiger partial charge in [-0.15, -0.1) is 0 Å². The molecule has 1 spiro atoms.